The molecule has 0 saturated heterocycles. The molecular weight excluding hydrogens is 336 g/mol. The molecule has 0 unspecified atom stereocenters. The van der Waals surface area contributed by atoms with Crippen LogP contribution in [-0.4, -0.2) is 31.1 Å². The molecule has 0 spiro atoms. The van der Waals surface area contributed by atoms with E-state index < -0.39 is 0 Å². The van der Waals surface area contributed by atoms with Crippen LogP contribution in [-0.2, 0) is 0 Å². The smallest absolute Gasteiger partial charge is 0.255 e. The number of hydrogen-bond acceptors (Lipinski definition) is 5. The molecule has 0 atom stereocenters. The Morgan fingerprint density at radius 2 is 2.14 bits per heavy atom. The zero-order valence-electron chi connectivity index (χ0n) is 10.6. The van der Waals surface area contributed by atoms with Crippen molar-refractivity contribution in [3.63, 3.8) is 0 Å². The van der Waals surface area contributed by atoms with E-state index in [0.717, 1.165) is 5.69 Å². The van der Waals surface area contributed by atoms with Crippen LogP contribution in [0, 0.1) is 0 Å². The maximum Gasteiger partial charge on any atom is 0.255 e. The van der Waals surface area contributed by atoms with E-state index in [0.29, 0.717) is 15.9 Å². The Bertz CT molecular complexity index is 774. The summed E-state index contributed by atoms with van der Waals surface area (Å²) < 4.78 is 2.12. The second-order valence-electron chi connectivity index (χ2n) is 4.13. The van der Waals surface area contributed by atoms with Gasteiger partial charge in [0.2, 0.25) is 0 Å². The van der Waals surface area contributed by atoms with E-state index in [4.69, 9.17) is 0 Å². The highest BCUT2D eigenvalue weighted by Gasteiger charge is 2.07. The molecule has 1 amide bonds. The number of benzene rings is 1. The molecule has 1 N–H and O–H groups in total. The highest BCUT2D eigenvalue weighted by molar-refractivity contribution is 9.10. The fraction of sp³-hybridized carbons (Fsp3) is 0. The van der Waals surface area contributed by atoms with Gasteiger partial charge in [-0.05, 0) is 56.7 Å². The van der Waals surface area contributed by atoms with E-state index in [1.165, 1.54) is 11.0 Å². The molecule has 0 aliphatic carbocycles. The van der Waals surface area contributed by atoms with Gasteiger partial charge in [-0.2, -0.15) is 0 Å². The summed E-state index contributed by atoms with van der Waals surface area (Å²) in [4.78, 5) is 16.1. The van der Waals surface area contributed by atoms with Gasteiger partial charge in [-0.1, -0.05) is 6.07 Å². The Morgan fingerprint density at radius 3 is 2.90 bits per heavy atom. The normalized spacial score (nSPS) is 10.3. The molecule has 0 bridgehead atoms. The van der Waals surface area contributed by atoms with Crippen molar-refractivity contribution in [3.05, 3.63) is 59.1 Å². The van der Waals surface area contributed by atoms with E-state index in [1.807, 2.05) is 12.1 Å². The van der Waals surface area contributed by atoms with Crippen LogP contribution in [0.2, 0.25) is 0 Å². The predicted octanol–water partition coefficient (Wildman–Crippen LogP) is 2.07. The van der Waals surface area contributed by atoms with E-state index in [-0.39, 0.29) is 5.91 Å². The molecular formula is C13H9BrN6O. The summed E-state index contributed by atoms with van der Waals surface area (Å²) in [5, 5.41) is 13.8. The first-order valence-corrected chi connectivity index (χ1v) is 6.78. The van der Waals surface area contributed by atoms with Crippen molar-refractivity contribution < 1.29 is 4.79 Å². The van der Waals surface area contributed by atoms with Gasteiger partial charge < -0.3 is 5.32 Å². The summed E-state index contributed by atoms with van der Waals surface area (Å²) >= 11 is 3.24. The van der Waals surface area contributed by atoms with Crippen molar-refractivity contribution in [1.29, 1.82) is 0 Å². The number of anilines is 1. The summed E-state index contributed by atoms with van der Waals surface area (Å²) in [7, 11) is 0. The van der Waals surface area contributed by atoms with Crippen molar-refractivity contribution >= 4 is 27.5 Å². The van der Waals surface area contributed by atoms with Crippen LogP contribution in [0.1, 0.15) is 10.4 Å². The van der Waals surface area contributed by atoms with Crippen molar-refractivity contribution in [2.75, 3.05) is 5.32 Å². The molecule has 2 aromatic heterocycles. The molecule has 3 aromatic rings. The maximum absolute atomic E-state index is 12.2. The topological polar surface area (TPSA) is 85.6 Å². The maximum atomic E-state index is 12.2. The molecule has 21 heavy (non-hydrogen) atoms. The quantitative estimate of drug-likeness (QED) is 0.735. The van der Waals surface area contributed by atoms with E-state index in [1.54, 1.807) is 30.5 Å². The van der Waals surface area contributed by atoms with Gasteiger partial charge in [0.15, 0.2) is 0 Å². The van der Waals surface area contributed by atoms with Crippen LogP contribution < -0.4 is 5.32 Å². The molecule has 104 valence electrons. The fourth-order valence-corrected chi connectivity index (χ4v) is 2.12. The minimum atomic E-state index is -0.216. The summed E-state index contributed by atoms with van der Waals surface area (Å²) in [5.41, 5.74) is 1.93. The van der Waals surface area contributed by atoms with Crippen molar-refractivity contribution in [1.82, 2.24) is 25.2 Å². The molecule has 0 fully saturated rings. The Balaban J connectivity index is 1.82. The fourth-order valence-electron chi connectivity index (χ4n) is 1.75. The van der Waals surface area contributed by atoms with Gasteiger partial charge in [0.05, 0.1) is 5.69 Å². The standard InChI is InChI=1S/C13H9BrN6O/c14-12-6-9(4-5-15-12)13(21)17-10-2-1-3-11(7-10)20-8-16-18-19-20/h1-8H,(H,17,21). The minimum Gasteiger partial charge on any atom is -0.322 e. The summed E-state index contributed by atoms with van der Waals surface area (Å²) in [6.07, 6.45) is 3.05. The van der Waals surface area contributed by atoms with Gasteiger partial charge in [-0.25, -0.2) is 9.67 Å². The van der Waals surface area contributed by atoms with E-state index in [9.17, 15) is 4.79 Å². The molecule has 3 rings (SSSR count). The zero-order valence-corrected chi connectivity index (χ0v) is 12.2. The predicted molar refractivity (Wildman–Crippen MR) is 79.0 cm³/mol. The lowest BCUT2D eigenvalue weighted by Crippen LogP contribution is -2.12. The third-order valence-electron chi connectivity index (χ3n) is 2.71. The van der Waals surface area contributed by atoms with Crippen LogP contribution in [0.15, 0.2) is 53.5 Å². The number of carbonyl (C=O) groups excluding carboxylic acids is 1. The van der Waals surface area contributed by atoms with E-state index in [2.05, 4.69) is 41.8 Å². The Labute approximate surface area is 128 Å². The summed E-state index contributed by atoms with van der Waals surface area (Å²) in [6, 6.07) is 10.5. The first-order chi connectivity index (χ1) is 10.2. The molecule has 8 heteroatoms. The Hall–Kier alpha value is -2.61. The van der Waals surface area contributed by atoms with Crippen molar-refractivity contribution in [2.45, 2.75) is 0 Å². The lowest BCUT2D eigenvalue weighted by molar-refractivity contribution is 0.102. The monoisotopic (exact) mass is 344 g/mol. The Kier molecular flexibility index (Phi) is 3.69. The second-order valence-corrected chi connectivity index (χ2v) is 4.94. The third kappa shape index (κ3) is 3.11. The number of amides is 1. The van der Waals surface area contributed by atoms with Crippen LogP contribution in [0.25, 0.3) is 5.69 Å². The number of rotatable bonds is 3. The molecule has 0 aliphatic heterocycles. The second kappa shape index (κ2) is 5.80. The first-order valence-electron chi connectivity index (χ1n) is 5.99. The average Bonchev–Trinajstić information content (AvgIpc) is 3.02. The van der Waals surface area contributed by atoms with Gasteiger partial charge in [-0.3, -0.25) is 4.79 Å². The van der Waals surface area contributed by atoms with E-state index >= 15 is 0 Å². The average molecular weight is 345 g/mol. The molecule has 0 radical (unpaired) electrons. The van der Waals surface area contributed by atoms with Gasteiger partial charge >= 0.3 is 0 Å². The largest absolute Gasteiger partial charge is 0.322 e. The van der Waals surface area contributed by atoms with Gasteiger partial charge in [0.1, 0.15) is 10.9 Å². The van der Waals surface area contributed by atoms with Crippen LogP contribution >= 0.6 is 15.9 Å². The number of nitrogens with one attached hydrogen (secondary N) is 1. The molecule has 0 aliphatic rings. The SMILES string of the molecule is O=C(Nc1cccc(-n2cnnn2)c1)c1ccnc(Br)c1. The number of hydrogen-bond donors (Lipinski definition) is 1. The number of carbonyl (C=O) groups is 1. The number of aromatic nitrogens is 5. The number of halogens is 1. The molecule has 2 heterocycles. The first kappa shape index (κ1) is 13.4. The molecule has 0 saturated carbocycles. The highest BCUT2D eigenvalue weighted by atomic mass is 79.9. The van der Waals surface area contributed by atoms with Crippen molar-refractivity contribution in [2.24, 2.45) is 0 Å². The lowest BCUT2D eigenvalue weighted by Gasteiger charge is -2.07. The highest BCUT2D eigenvalue weighted by Crippen LogP contribution is 2.15. The summed E-state index contributed by atoms with van der Waals surface area (Å²) in [6.45, 7) is 0. The van der Waals surface area contributed by atoms with Crippen molar-refractivity contribution in [3.8, 4) is 5.69 Å². The van der Waals surface area contributed by atoms with Gasteiger partial charge in [-0.15, -0.1) is 5.10 Å². The van der Waals surface area contributed by atoms with Crippen LogP contribution in [0.3, 0.4) is 0 Å². The zero-order chi connectivity index (χ0) is 14.7. The Morgan fingerprint density at radius 1 is 1.24 bits per heavy atom. The number of tetrazole rings is 1. The van der Waals surface area contributed by atoms with Crippen LogP contribution in [0.4, 0.5) is 5.69 Å². The van der Waals surface area contributed by atoms with Gasteiger partial charge in [0.25, 0.3) is 5.91 Å². The van der Waals surface area contributed by atoms with Crippen LogP contribution in [0.5, 0.6) is 0 Å². The number of nitrogens with zero attached hydrogens (tertiary/aromatic N) is 5. The molecule has 7 nitrogen and oxygen atoms in total. The number of pyridine rings is 1. The minimum absolute atomic E-state index is 0.216. The third-order valence-corrected chi connectivity index (χ3v) is 3.14. The summed E-state index contributed by atoms with van der Waals surface area (Å²) in [5.74, 6) is -0.216. The molecule has 1 aromatic carbocycles. The van der Waals surface area contributed by atoms with Gasteiger partial charge in [0, 0.05) is 17.4 Å². The lowest BCUT2D eigenvalue weighted by atomic mass is 10.2.